The number of benzene rings is 2. The van der Waals surface area contributed by atoms with Gasteiger partial charge in [-0.3, -0.25) is 14.9 Å². The summed E-state index contributed by atoms with van der Waals surface area (Å²) >= 11 is 0. The molecule has 0 saturated heterocycles. The molecule has 0 spiro atoms. The second kappa shape index (κ2) is 9.55. The highest BCUT2D eigenvalue weighted by Gasteiger charge is 2.20. The Kier molecular flexibility index (Phi) is 7.35. The molecule has 2 N–H and O–H groups in total. The Balaban J connectivity index is 2.09. The monoisotopic (exact) mass is 437 g/mol. The van der Waals surface area contributed by atoms with E-state index < -0.39 is 27.0 Å². The van der Waals surface area contributed by atoms with E-state index in [1.807, 2.05) is 0 Å². The van der Waals surface area contributed by atoms with E-state index in [0.29, 0.717) is 5.69 Å². The van der Waals surface area contributed by atoms with Crippen LogP contribution in [0.2, 0.25) is 0 Å². The van der Waals surface area contributed by atoms with Crippen molar-refractivity contribution >= 4 is 27.3 Å². The van der Waals surface area contributed by atoms with E-state index in [1.165, 1.54) is 56.5 Å². The lowest BCUT2D eigenvalue weighted by atomic mass is 10.2. The van der Waals surface area contributed by atoms with Crippen LogP contribution in [0, 0.1) is 10.1 Å². The van der Waals surface area contributed by atoms with Gasteiger partial charge in [-0.2, -0.15) is 0 Å². The van der Waals surface area contributed by atoms with Crippen LogP contribution in [0.4, 0.5) is 11.4 Å². The molecule has 2 aromatic carbocycles. The molecular weight excluding hydrogens is 414 g/mol. The van der Waals surface area contributed by atoms with Crippen molar-refractivity contribution in [3.05, 3.63) is 52.6 Å². The minimum absolute atomic E-state index is 0.0514. The highest BCUT2D eigenvalue weighted by Crippen LogP contribution is 2.32. The van der Waals surface area contributed by atoms with Crippen molar-refractivity contribution < 1.29 is 27.6 Å². The highest BCUT2D eigenvalue weighted by atomic mass is 32.2. The predicted molar refractivity (Wildman–Crippen MR) is 110 cm³/mol. The molecule has 2 rings (SSSR count). The van der Waals surface area contributed by atoms with Crippen LogP contribution in [0.5, 0.6) is 11.5 Å². The standard InChI is InChI=1S/C19H23N3O7S/c1-12(2)21-30(26,27)16-8-5-14(6-9-16)20-19(23)13(3)29-18-11-15(22(24)25)7-10-17(18)28-4/h5-13,21H,1-4H3,(H,20,23). The third-order valence-corrected chi connectivity index (χ3v) is 5.53. The lowest BCUT2D eigenvalue weighted by Gasteiger charge is -2.17. The van der Waals surface area contributed by atoms with Gasteiger partial charge in [0.2, 0.25) is 10.0 Å². The summed E-state index contributed by atoms with van der Waals surface area (Å²) in [6.07, 6.45) is -1.01. The first kappa shape index (κ1) is 23.1. The SMILES string of the molecule is COc1ccc([N+](=O)[O-])cc1OC(C)C(=O)Nc1ccc(S(=O)(=O)NC(C)C)cc1. The van der Waals surface area contributed by atoms with Gasteiger partial charge in [-0.05, 0) is 51.1 Å². The summed E-state index contributed by atoms with van der Waals surface area (Å²) in [5.74, 6) is -0.234. The van der Waals surface area contributed by atoms with Crippen LogP contribution in [0.15, 0.2) is 47.4 Å². The van der Waals surface area contributed by atoms with Crippen LogP contribution in [-0.2, 0) is 14.8 Å². The number of nitro groups is 1. The predicted octanol–water partition coefficient (Wildman–Crippen LogP) is 2.70. The molecule has 1 unspecified atom stereocenters. The van der Waals surface area contributed by atoms with E-state index in [-0.39, 0.29) is 28.1 Å². The Morgan fingerprint density at radius 2 is 1.70 bits per heavy atom. The van der Waals surface area contributed by atoms with Crippen LogP contribution in [0.25, 0.3) is 0 Å². The Bertz CT molecular complexity index is 1020. The number of carbonyl (C=O) groups excluding carboxylic acids is 1. The number of non-ortho nitro benzene ring substituents is 1. The number of anilines is 1. The van der Waals surface area contributed by atoms with E-state index in [2.05, 4.69) is 10.0 Å². The highest BCUT2D eigenvalue weighted by molar-refractivity contribution is 7.89. The molecule has 0 aliphatic rings. The van der Waals surface area contributed by atoms with Crippen molar-refractivity contribution in [2.24, 2.45) is 0 Å². The van der Waals surface area contributed by atoms with Gasteiger partial charge in [-0.15, -0.1) is 0 Å². The number of rotatable bonds is 9. The first-order valence-corrected chi connectivity index (χ1v) is 10.4. The van der Waals surface area contributed by atoms with Gasteiger partial charge in [0.05, 0.1) is 23.0 Å². The summed E-state index contributed by atoms with van der Waals surface area (Å²) < 4.78 is 37.4. The fraction of sp³-hybridized carbons (Fsp3) is 0.316. The lowest BCUT2D eigenvalue weighted by molar-refractivity contribution is -0.385. The fourth-order valence-electron chi connectivity index (χ4n) is 2.45. The van der Waals surface area contributed by atoms with E-state index in [9.17, 15) is 23.3 Å². The molecule has 0 radical (unpaired) electrons. The maximum atomic E-state index is 12.4. The van der Waals surface area contributed by atoms with Crippen molar-refractivity contribution in [3.63, 3.8) is 0 Å². The van der Waals surface area contributed by atoms with Crippen molar-refractivity contribution in [1.29, 1.82) is 0 Å². The molecule has 10 nitrogen and oxygen atoms in total. The zero-order chi connectivity index (χ0) is 22.5. The van der Waals surface area contributed by atoms with E-state index >= 15 is 0 Å². The van der Waals surface area contributed by atoms with Crippen molar-refractivity contribution in [2.75, 3.05) is 12.4 Å². The Labute approximate surface area is 174 Å². The summed E-state index contributed by atoms with van der Waals surface area (Å²) in [6, 6.07) is 9.21. The Morgan fingerprint density at radius 3 is 2.23 bits per heavy atom. The smallest absolute Gasteiger partial charge is 0.273 e. The largest absolute Gasteiger partial charge is 0.493 e. The second-order valence-corrected chi connectivity index (χ2v) is 8.36. The molecule has 1 amide bonds. The molecule has 0 fully saturated rings. The summed E-state index contributed by atoms with van der Waals surface area (Å²) in [5, 5.41) is 13.6. The van der Waals surface area contributed by atoms with Crippen LogP contribution in [0.1, 0.15) is 20.8 Å². The Morgan fingerprint density at radius 1 is 1.07 bits per heavy atom. The molecule has 0 heterocycles. The zero-order valence-corrected chi connectivity index (χ0v) is 17.7. The average molecular weight is 437 g/mol. The molecule has 1 atom stereocenters. The molecule has 0 bridgehead atoms. The number of carbonyl (C=O) groups is 1. The van der Waals surface area contributed by atoms with Gasteiger partial charge in [0.15, 0.2) is 17.6 Å². The van der Waals surface area contributed by atoms with E-state index in [0.717, 1.165) is 0 Å². The topological polar surface area (TPSA) is 137 Å². The normalized spacial score (nSPS) is 12.3. The summed E-state index contributed by atoms with van der Waals surface area (Å²) in [5.41, 5.74) is 0.162. The third-order valence-electron chi connectivity index (χ3n) is 3.85. The summed E-state index contributed by atoms with van der Waals surface area (Å²) in [4.78, 5) is 22.9. The van der Waals surface area contributed by atoms with E-state index in [4.69, 9.17) is 9.47 Å². The number of nitro benzene ring substituents is 1. The number of hydrogen-bond acceptors (Lipinski definition) is 7. The third kappa shape index (κ3) is 5.91. The maximum Gasteiger partial charge on any atom is 0.273 e. The molecule has 0 aliphatic heterocycles. The molecule has 162 valence electrons. The first-order valence-electron chi connectivity index (χ1n) is 8.96. The average Bonchev–Trinajstić information content (AvgIpc) is 2.67. The minimum Gasteiger partial charge on any atom is -0.493 e. The van der Waals surface area contributed by atoms with Crippen molar-refractivity contribution in [2.45, 2.75) is 37.8 Å². The van der Waals surface area contributed by atoms with Gasteiger partial charge < -0.3 is 14.8 Å². The molecule has 0 aliphatic carbocycles. The summed E-state index contributed by atoms with van der Waals surface area (Å²) in [7, 11) is -2.26. The molecule has 0 saturated carbocycles. The maximum absolute atomic E-state index is 12.4. The van der Waals surface area contributed by atoms with Gasteiger partial charge in [0, 0.05) is 17.8 Å². The molecule has 2 aromatic rings. The van der Waals surface area contributed by atoms with Crippen LogP contribution in [0.3, 0.4) is 0 Å². The quantitative estimate of drug-likeness (QED) is 0.454. The van der Waals surface area contributed by atoms with Gasteiger partial charge in [0.1, 0.15) is 0 Å². The van der Waals surface area contributed by atoms with Gasteiger partial charge in [0.25, 0.3) is 11.6 Å². The number of amides is 1. The number of nitrogens with zero attached hydrogens (tertiary/aromatic N) is 1. The van der Waals surface area contributed by atoms with Crippen LogP contribution >= 0.6 is 0 Å². The van der Waals surface area contributed by atoms with Gasteiger partial charge in [-0.1, -0.05) is 0 Å². The number of ether oxygens (including phenoxy) is 2. The molecule has 11 heteroatoms. The number of methoxy groups -OCH3 is 1. The fourth-order valence-corrected chi connectivity index (χ4v) is 3.71. The van der Waals surface area contributed by atoms with Crippen LogP contribution < -0.4 is 19.5 Å². The zero-order valence-electron chi connectivity index (χ0n) is 16.9. The van der Waals surface area contributed by atoms with Gasteiger partial charge >= 0.3 is 0 Å². The second-order valence-electron chi connectivity index (χ2n) is 6.64. The van der Waals surface area contributed by atoms with Crippen LogP contribution in [-0.4, -0.2) is 38.5 Å². The van der Waals surface area contributed by atoms with E-state index in [1.54, 1.807) is 13.8 Å². The first-order chi connectivity index (χ1) is 14.0. The Hall–Kier alpha value is -3.18. The van der Waals surface area contributed by atoms with Crippen molar-refractivity contribution in [3.8, 4) is 11.5 Å². The number of hydrogen-bond donors (Lipinski definition) is 2. The van der Waals surface area contributed by atoms with Crippen molar-refractivity contribution in [1.82, 2.24) is 4.72 Å². The lowest BCUT2D eigenvalue weighted by Crippen LogP contribution is -2.31. The number of nitrogens with one attached hydrogen (secondary N) is 2. The molecule has 0 aromatic heterocycles. The number of sulfonamides is 1. The molecule has 30 heavy (non-hydrogen) atoms. The summed E-state index contributed by atoms with van der Waals surface area (Å²) in [6.45, 7) is 4.90. The molecular formula is C19H23N3O7S. The minimum atomic E-state index is -3.64. The van der Waals surface area contributed by atoms with Gasteiger partial charge in [-0.25, -0.2) is 13.1 Å².